The minimum absolute atomic E-state index is 0.0866. The molecule has 1 heterocycles. The maximum Gasteiger partial charge on any atom is 0.419 e. The number of pyridine rings is 1. The number of alkyl halides is 3. The van der Waals surface area contributed by atoms with Crippen molar-refractivity contribution in [2.75, 3.05) is 7.11 Å². The lowest BCUT2D eigenvalue weighted by atomic mass is 10.2. The van der Waals surface area contributed by atoms with Gasteiger partial charge in [0.25, 0.3) is 0 Å². The molecule has 1 rings (SSSR count). The molecule has 72 valence electrons. The SMILES string of the molecule is COc1cncc(C(F)(F)F)c1Cl. The molecule has 0 saturated carbocycles. The molecule has 0 radical (unpaired) electrons. The highest BCUT2D eigenvalue weighted by Crippen LogP contribution is 2.38. The summed E-state index contributed by atoms with van der Waals surface area (Å²) in [5.41, 5.74) is -0.992. The third kappa shape index (κ3) is 2.03. The first-order chi connectivity index (χ1) is 5.96. The number of ether oxygens (including phenoxy) is 1. The highest BCUT2D eigenvalue weighted by atomic mass is 35.5. The Kier molecular flexibility index (Phi) is 2.66. The minimum Gasteiger partial charge on any atom is -0.494 e. The second-order valence-electron chi connectivity index (χ2n) is 2.20. The van der Waals surface area contributed by atoms with E-state index in [1.165, 1.54) is 7.11 Å². The number of nitrogens with zero attached hydrogens (tertiary/aromatic N) is 1. The number of halogens is 4. The molecule has 0 spiro atoms. The topological polar surface area (TPSA) is 22.1 Å². The third-order valence-corrected chi connectivity index (χ3v) is 1.76. The van der Waals surface area contributed by atoms with Crippen LogP contribution in [-0.2, 0) is 6.18 Å². The van der Waals surface area contributed by atoms with Gasteiger partial charge in [-0.15, -0.1) is 0 Å². The monoisotopic (exact) mass is 211 g/mol. The van der Waals surface area contributed by atoms with Gasteiger partial charge in [-0.1, -0.05) is 11.6 Å². The van der Waals surface area contributed by atoms with Gasteiger partial charge in [-0.2, -0.15) is 13.2 Å². The summed E-state index contributed by atoms with van der Waals surface area (Å²) in [7, 11) is 1.23. The summed E-state index contributed by atoms with van der Waals surface area (Å²) >= 11 is 5.41. The lowest BCUT2D eigenvalue weighted by molar-refractivity contribution is -0.137. The van der Waals surface area contributed by atoms with Crippen LogP contribution in [0.1, 0.15) is 5.56 Å². The summed E-state index contributed by atoms with van der Waals surface area (Å²) in [6.07, 6.45) is -2.72. The molecule has 0 aliphatic heterocycles. The van der Waals surface area contributed by atoms with Gasteiger partial charge in [0.15, 0.2) is 5.75 Å². The quantitative estimate of drug-likeness (QED) is 0.713. The van der Waals surface area contributed by atoms with Gasteiger partial charge in [0.2, 0.25) is 0 Å². The van der Waals surface area contributed by atoms with Gasteiger partial charge in [-0.25, -0.2) is 0 Å². The maximum atomic E-state index is 12.2. The fourth-order valence-electron chi connectivity index (χ4n) is 0.766. The lowest BCUT2D eigenvalue weighted by Crippen LogP contribution is -2.07. The molecular formula is C7H5ClF3NO. The van der Waals surface area contributed by atoms with Crippen molar-refractivity contribution in [3.8, 4) is 5.75 Å². The smallest absolute Gasteiger partial charge is 0.419 e. The van der Waals surface area contributed by atoms with Crippen LogP contribution in [0.2, 0.25) is 5.02 Å². The van der Waals surface area contributed by atoms with Gasteiger partial charge in [0.05, 0.1) is 23.9 Å². The van der Waals surface area contributed by atoms with E-state index in [2.05, 4.69) is 9.72 Å². The zero-order chi connectivity index (χ0) is 10.1. The number of rotatable bonds is 1. The molecule has 0 amide bonds. The summed E-state index contributed by atoms with van der Waals surface area (Å²) in [5.74, 6) is -0.0866. The normalized spacial score (nSPS) is 11.5. The zero-order valence-corrected chi connectivity index (χ0v) is 7.28. The molecule has 0 atom stereocenters. The van der Waals surface area contributed by atoms with Crippen LogP contribution >= 0.6 is 11.6 Å². The molecule has 2 nitrogen and oxygen atoms in total. The summed E-state index contributed by atoms with van der Waals surface area (Å²) in [5, 5.41) is -0.468. The minimum atomic E-state index is -4.50. The van der Waals surface area contributed by atoms with Crippen molar-refractivity contribution in [2.45, 2.75) is 6.18 Å². The molecule has 1 aromatic rings. The fourth-order valence-corrected chi connectivity index (χ4v) is 1.05. The standard InChI is InChI=1S/C7H5ClF3NO/c1-13-5-3-12-2-4(6(5)8)7(9,10)11/h2-3H,1H3. The average molecular weight is 212 g/mol. The first-order valence-electron chi connectivity index (χ1n) is 3.21. The summed E-state index contributed by atoms with van der Waals surface area (Å²) in [6, 6.07) is 0. The lowest BCUT2D eigenvalue weighted by Gasteiger charge is -2.10. The maximum absolute atomic E-state index is 12.2. The van der Waals surface area contributed by atoms with E-state index >= 15 is 0 Å². The summed E-state index contributed by atoms with van der Waals surface area (Å²) in [4.78, 5) is 3.35. The molecule has 6 heteroatoms. The number of hydrogen-bond acceptors (Lipinski definition) is 2. The van der Waals surface area contributed by atoms with Crippen molar-refractivity contribution in [3.63, 3.8) is 0 Å². The van der Waals surface area contributed by atoms with E-state index in [9.17, 15) is 13.2 Å². The number of hydrogen-bond donors (Lipinski definition) is 0. The molecule has 0 aromatic carbocycles. The molecule has 0 N–H and O–H groups in total. The van der Waals surface area contributed by atoms with E-state index in [4.69, 9.17) is 11.6 Å². The first-order valence-corrected chi connectivity index (χ1v) is 3.59. The number of methoxy groups -OCH3 is 1. The Morgan fingerprint density at radius 1 is 1.38 bits per heavy atom. The predicted molar refractivity (Wildman–Crippen MR) is 40.8 cm³/mol. The molecule has 1 aromatic heterocycles. The van der Waals surface area contributed by atoms with Crippen LogP contribution in [0.4, 0.5) is 13.2 Å². The van der Waals surface area contributed by atoms with Crippen molar-refractivity contribution >= 4 is 11.6 Å². The van der Waals surface area contributed by atoms with Gasteiger partial charge < -0.3 is 4.74 Å². The molecule has 0 fully saturated rings. The van der Waals surface area contributed by atoms with Crippen LogP contribution in [0.15, 0.2) is 12.4 Å². The largest absolute Gasteiger partial charge is 0.494 e. The Balaban J connectivity index is 3.24. The Bertz CT molecular complexity index is 313. The van der Waals surface area contributed by atoms with Crippen LogP contribution in [0.25, 0.3) is 0 Å². The molecule has 0 bridgehead atoms. The van der Waals surface area contributed by atoms with E-state index < -0.39 is 16.8 Å². The van der Waals surface area contributed by atoms with Crippen molar-refractivity contribution in [1.29, 1.82) is 0 Å². The second-order valence-corrected chi connectivity index (χ2v) is 2.58. The van der Waals surface area contributed by atoms with E-state index in [1.807, 2.05) is 0 Å². The van der Waals surface area contributed by atoms with Gasteiger partial charge >= 0.3 is 6.18 Å². The summed E-state index contributed by atoms with van der Waals surface area (Å²) in [6.45, 7) is 0. The Morgan fingerprint density at radius 3 is 2.46 bits per heavy atom. The fraction of sp³-hybridized carbons (Fsp3) is 0.286. The van der Waals surface area contributed by atoms with Crippen LogP contribution in [0, 0.1) is 0 Å². The van der Waals surface area contributed by atoms with Crippen molar-refractivity contribution in [3.05, 3.63) is 23.0 Å². The third-order valence-electron chi connectivity index (χ3n) is 1.37. The van der Waals surface area contributed by atoms with Crippen LogP contribution in [0.3, 0.4) is 0 Å². The van der Waals surface area contributed by atoms with Crippen molar-refractivity contribution < 1.29 is 17.9 Å². The highest BCUT2D eigenvalue weighted by molar-refractivity contribution is 6.32. The van der Waals surface area contributed by atoms with Crippen LogP contribution in [-0.4, -0.2) is 12.1 Å². The van der Waals surface area contributed by atoms with E-state index in [0.717, 1.165) is 6.20 Å². The second kappa shape index (κ2) is 3.41. The molecule has 0 saturated heterocycles. The molecular weight excluding hydrogens is 207 g/mol. The zero-order valence-electron chi connectivity index (χ0n) is 6.52. The van der Waals surface area contributed by atoms with Crippen molar-refractivity contribution in [1.82, 2.24) is 4.98 Å². The van der Waals surface area contributed by atoms with Crippen LogP contribution < -0.4 is 4.74 Å². The first kappa shape index (κ1) is 10.1. The van der Waals surface area contributed by atoms with E-state index in [1.54, 1.807) is 0 Å². The highest BCUT2D eigenvalue weighted by Gasteiger charge is 2.34. The molecule has 0 unspecified atom stereocenters. The predicted octanol–water partition coefficient (Wildman–Crippen LogP) is 2.76. The van der Waals surface area contributed by atoms with Gasteiger partial charge in [0, 0.05) is 6.20 Å². The molecule has 0 aliphatic rings. The average Bonchev–Trinajstić information content (AvgIpc) is 2.02. The number of aromatic nitrogens is 1. The van der Waals surface area contributed by atoms with Gasteiger partial charge in [-0.05, 0) is 0 Å². The summed E-state index contributed by atoms with van der Waals surface area (Å²) < 4.78 is 41.1. The van der Waals surface area contributed by atoms with Crippen LogP contribution in [0.5, 0.6) is 5.75 Å². The van der Waals surface area contributed by atoms with Gasteiger partial charge in [-0.3, -0.25) is 4.98 Å². The van der Waals surface area contributed by atoms with E-state index in [0.29, 0.717) is 6.20 Å². The van der Waals surface area contributed by atoms with Crippen molar-refractivity contribution in [2.24, 2.45) is 0 Å². The Labute approximate surface area is 77.3 Å². The Morgan fingerprint density at radius 2 is 2.00 bits per heavy atom. The van der Waals surface area contributed by atoms with Gasteiger partial charge in [0.1, 0.15) is 0 Å². The Hall–Kier alpha value is -0.970. The van der Waals surface area contributed by atoms with E-state index in [-0.39, 0.29) is 5.75 Å². The molecule has 13 heavy (non-hydrogen) atoms. The molecule has 0 aliphatic carbocycles.